The molecule has 1 saturated carbocycles. The highest BCUT2D eigenvalue weighted by Crippen LogP contribution is 2.47. The Balaban J connectivity index is 1.53. The van der Waals surface area contributed by atoms with Crippen molar-refractivity contribution in [3.05, 3.63) is 41.2 Å². The van der Waals surface area contributed by atoms with Crippen LogP contribution in [0.1, 0.15) is 55.8 Å². The normalized spacial score (nSPS) is 23.6. The molecule has 1 saturated heterocycles. The molecule has 1 atom stereocenters. The summed E-state index contributed by atoms with van der Waals surface area (Å²) in [5, 5.41) is 7.59. The molecular formula is C21H25N3O2. The lowest BCUT2D eigenvalue weighted by Gasteiger charge is -2.17. The average Bonchev–Trinajstić information content (AvgIpc) is 3.06. The maximum atomic E-state index is 11.5. The minimum atomic E-state index is -0.134. The lowest BCUT2D eigenvalue weighted by atomic mass is 9.98. The molecule has 0 spiro atoms. The zero-order valence-corrected chi connectivity index (χ0v) is 15.4. The minimum Gasteiger partial charge on any atom is -0.487 e. The molecule has 2 aliphatic heterocycles. The molecule has 1 N–H and O–H groups in total. The van der Waals surface area contributed by atoms with Gasteiger partial charge in [0.2, 0.25) is 5.91 Å². The van der Waals surface area contributed by atoms with Crippen molar-refractivity contribution < 1.29 is 9.53 Å². The van der Waals surface area contributed by atoms with E-state index in [1.54, 1.807) is 0 Å². The molecule has 1 aliphatic carbocycles. The summed E-state index contributed by atoms with van der Waals surface area (Å²) in [6, 6.07) is 6.63. The van der Waals surface area contributed by atoms with Gasteiger partial charge in [-0.25, -0.2) is 4.68 Å². The van der Waals surface area contributed by atoms with Gasteiger partial charge in [-0.2, -0.15) is 5.10 Å². The fourth-order valence-electron chi connectivity index (χ4n) is 4.36. The first-order valence-corrected chi connectivity index (χ1v) is 9.64. The second-order valence-corrected chi connectivity index (χ2v) is 8.64. The summed E-state index contributed by atoms with van der Waals surface area (Å²) in [7, 11) is 0. The first-order valence-electron chi connectivity index (χ1n) is 9.64. The number of nitrogens with zero attached hydrogens (tertiary/aromatic N) is 2. The molecule has 0 radical (unpaired) electrons. The van der Waals surface area contributed by atoms with Gasteiger partial charge in [-0.05, 0) is 68.7 Å². The van der Waals surface area contributed by atoms with Crippen LogP contribution in [0.2, 0.25) is 0 Å². The Hall–Kier alpha value is -2.30. The smallest absolute Gasteiger partial charge is 0.220 e. The summed E-state index contributed by atoms with van der Waals surface area (Å²) >= 11 is 0. The zero-order chi connectivity index (χ0) is 17.9. The number of carbonyl (C=O) groups excluding carboxylic acids is 1. The van der Waals surface area contributed by atoms with Crippen LogP contribution in [-0.4, -0.2) is 27.8 Å². The van der Waals surface area contributed by atoms with Gasteiger partial charge in [0.1, 0.15) is 11.4 Å². The third kappa shape index (κ3) is 2.79. The van der Waals surface area contributed by atoms with Crippen molar-refractivity contribution in [2.45, 2.75) is 57.5 Å². The van der Waals surface area contributed by atoms with E-state index in [-0.39, 0.29) is 11.5 Å². The van der Waals surface area contributed by atoms with Crippen molar-refractivity contribution in [2.75, 3.05) is 6.54 Å². The van der Waals surface area contributed by atoms with E-state index in [9.17, 15) is 4.79 Å². The third-order valence-electron chi connectivity index (χ3n) is 5.74. The average molecular weight is 351 g/mol. The molecule has 5 nitrogen and oxygen atoms in total. The van der Waals surface area contributed by atoms with Crippen LogP contribution in [0.25, 0.3) is 5.69 Å². The van der Waals surface area contributed by atoms with Crippen LogP contribution >= 0.6 is 0 Å². The van der Waals surface area contributed by atoms with Gasteiger partial charge in [-0.15, -0.1) is 0 Å². The van der Waals surface area contributed by atoms with E-state index >= 15 is 0 Å². The maximum absolute atomic E-state index is 11.5. The molecule has 3 heterocycles. The highest BCUT2D eigenvalue weighted by molar-refractivity contribution is 5.78. The van der Waals surface area contributed by atoms with E-state index in [1.165, 1.54) is 35.3 Å². The Bertz CT molecular complexity index is 879. The van der Waals surface area contributed by atoms with Crippen LogP contribution in [0.4, 0.5) is 0 Å². The molecule has 2 fully saturated rings. The summed E-state index contributed by atoms with van der Waals surface area (Å²) in [6.07, 6.45) is 6.79. The van der Waals surface area contributed by atoms with Gasteiger partial charge in [-0.1, -0.05) is 0 Å². The number of fused-ring (bicyclic) bond motifs is 1. The van der Waals surface area contributed by atoms with Crippen LogP contribution < -0.4 is 10.1 Å². The van der Waals surface area contributed by atoms with E-state index < -0.39 is 0 Å². The molecule has 136 valence electrons. The molecule has 2 aromatic rings. The Morgan fingerprint density at radius 2 is 2.19 bits per heavy atom. The second-order valence-electron chi connectivity index (χ2n) is 8.64. The van der Waals surface area contributed by atoms with E-state index in [1.807, 2.05) is 6.20 Å². The first-order chi connectivity index (χ1) is 12.5. The molecule has 1 amide bonds. The summed E-state index contributed by atoms with van der Waals surface area (Å²) in [5.41, 5.74) is 4.88. The van der Waals surface area contributed by atoms with E-state index in [4.69, 9.17) is 4.74 Å². The maximum Gasteiger partial charge on any atom is 0.220 e. The van der Waals surface area contributed by atoms with Crippen molar-refractivity contribution in [3.8, 4) is 11.4 Å². The van der Waals surface area contributed by atoms with E-state index in [2.05, 4.69) is 47.1 Å². The number of nitrogens with one attached hydrogen (secondary N) is 1. The van der Waals surface area contributed by atoms with E-state index in [0.29, 0.717) is 18.3 Å². The SMILES string of the molecule is CC1(C)Cc2cc(-n3nccc3CC3CNC(=O)C3)c(C3CC3)cc2O1. The highest BCUT2D eigenvalue weighted by atomic mass is 16.5. The van der Waals surface area contributed by atoms with Gasteiger partial charge >= 0.3 is 0 Å². The Morgan fingerprint density at radius 1 is 1.35 bits per heavy atom. The summed E-state index contributed by atoms with van der Waals surface area (Å²) in [6.45, 7) is 5.06. The molecule has 5 heteroatoms. The molecule has 26 heavy (non-hydrogen) atoms. The van der Waals surface area contributed by atoms with E-state index in [0.717, 1.165) is 25.1 Å². The predicted octanol–water partition coefficient (Wildman–Crippen LogP) is 3.14. The number of benzene rings is 1. The molecule has 1 aromatic carbocycles. The number of aromatic nitrogens is 2. The zero-order valence-electron chi connectivity index (χ0n) is 15.4. The van der Waals surface area contributed by atoms with Crippen molar-refractivity contribution in [1.29, 1.82) is 0 Å². The number of carbonyl (C=O) groups is 1. The fraction of sp³-hybridized carbons (Fsp3) is 0.524. The molecule has 1 aromatic heterocycles. The van der Waals surface area contributed by atoms with Crippen LogP contribution in [0, 0.1) is 5.92 Å². The molecule has 5 rings (SSSR count). The first kappa shape index (κ1) is 15.9. The largest absolute Gasteiger partial charge is 0.487 e. The summed E-state index contributed by atoms with van der Waals surface area (Å²) in [5.74, 6) is 2.19. The van der Waals surface area contributed by atoms with Crippen molar-refractivity contribution >= 4 is 5.91 Å². The number of rotatable bonds is 4. The van der Waals surface area contributed by atoms with Gasteiger partial charge in [-0.3, -0.25) is 4.79 Å². The monoisotopic (exact) mass is 351 g/mol. The van der Waals surface area contributed by atoms with Gasteiger partial charge < -0.3 is 10.1 Å². The molecule has 1 unspecified atom stereocenters. The van der Waals surface area contributed by atoms with Gasteiger partial charge in [0, 0.05) is 36.8 Å². The predicted molar refractivity (Wildman–Crippen MR) is 98.8 cm³/mol. The Kier molecular flexibility index (Phi) is 3.43. The van der Waals surface area contributed by atoms with Gasteiger partial charge in [0.15, 0.2) is 0 Å². The quantitative estimate of drug-likeness (QED) is 0.921. The van der Waals surface area contributed by atoms with Crippen LogP contribution in [0.5, 0.6) is 5.75 Å². The van der Waals surface area contributed by atoms with Gasteiger partial charge in [0.05, 0.1) is 5.69 Å². The second kappa shape index (κ2) is 5.60. The lowest BCUT2D eigenvalue weighted by molar-refractivity contribution is -0.119. The topological polar surface area (TPSA) is 56.2 Å². The lowest BCUT2D eigenvalue weighted by Crippen LogP contribution is -2.24. The van der Waals surface area contributed by atoms with Crippen LogP contribution in [0.3, 0.4) is 0 Å². The molecular weight excluding hydrogens is 326 g/mol. The van der Waals surface area contributed by atoms with Gasteiger partial charge in [0.25, 0.3) is 0 Å². The summed E-state index contributed by atoms with van der Waals surface area (Å²) < 4.78 is 8.26. The standard InChI is InChI=1S/C21H25N3O2/c1-21(2)11-15-9-18(17(14-3-4-14)10-19(15)26-21)24-16(5-6-23-24)7-13-8-20(25)22-12-13/h5-6,9-10,13-14H,3-4,7-8,11-12H2,1-2H3,(H,22,25). The number of hydrogen-bond donors (Lipinski definition) is 1. The Morgan fingerprint density at radius 3 is 2.92 bits per heavy atom. The van der Waals surface area contributed by atoms with Crippen LogP contribution in [-0.2, 0) is 17.6 Å². The van der Waals surface area contributed by atoms with Crippen molar-refractivity contribution in [3.63, 3.8) is 0 Å². The highest BCUT2D eigenvalue weighted by Gasteiger charge is 2.35. The van der Waals surface area contributed by atoms with Crippen molar-refractivity contribution in [1.82, 2.24) is 15.1 Å². The number of hydrogen-bond acceptors (Lipinski definition) is 3. The van der Waals surface area contributed by atoms with Crippen molar-refractivity contribution in [2.24, 2.45) is 5.92 Å². The van der Waals surface area contributed by atoms with Crippen LogP contribution in [0.15, 0.2) is 24.4 Å². The summed E-state index contributed by atoms with van der Waals surface area (Å²) in [4.78, 5) is 11.5. The fourth-order valence-corrected chi connectivity index (χ4v) is 4.36. The minimum absolute atomic E-state index is 0.134. The Labute approximate surface area is 153 Å². The number of ether oxygens (including phenoxy) is 1. The molecule has 0 bridgehead atoms. The third-order valence-corrected chi connectivity index (χ3v) is 5.74. The number of amides is 1. The molecule has 3 aliphatic rings.